The Morgan fingerprint density at radius 2 is 1.71 bits per heavy atom. The average molecular weight is 284 g/mol. The Kier molecular flexibility index (Phi) is 5.22. The van der Waals surface area contributed by atoms with E-state index in [4.69, 9.17) is 4.99 Å². The molecule has 1 aliphatic rings. The summed E-state index contributed by atoms with van der Waals surface area (Å²) < 4.78 is 0. The van der Waals surface area contributed by atoms with E-state index in [0.29, 0.717) is 6.04 Å². The van der Waals surface area contributed by atoms with Gasteiger partial charge in [-0.25, -0.2) is 0 Å². The van der Waals surface area contributed by atoms with Gasteiger partial charge in [0.15, 0.2) is 0 Å². The molecule has 0 heterocycles. The first-order valence-electron chi connectivity index (χ1n) is 8.06. The van der Waals surface area contributed by atoms with Gasteiger partial charge in [0.1, 0.15) is 5.84 Å². The summed E-state index contributed by atoms with van der Waals surface area (Å²) in [5.41, 5.74) is 2.13. The van der Waals surface area contributed by atoms with Crippen molar-refractivity contribution in [2.75, 3.05) is 0 Å². The molecule has 1 N–H and O–H groups in total. The highest BCUT2D eigenvalue weighted by Crippen LogP contribution is 2.23. The molecular weight excluding hydrogens is 256 g/mol. The fourth-order valence-electron chi connectivity index (χ4n) is 2.71. The van der Waals surface area contributed by atoms with Gasteiger partial charge in [0.25, 0.3) is 0 Å². The Hall–Kier alpha value is -1.57. The molecule has 1 aromatic rings. The second-order valence-corrected chi connectivity index (χ2v) is 6.99. The number of amidine groups is 1. The lowest BCUT2D eigenvalue weighted by molar-refractivity contribution is 0.439. The minimum Gasteiger partial charge on any atom is -0.365 e. The first-order chi connectivity index (χ1) is 9.96. The van der Waals surface area contributed by atoms with Crippen molar-refractivity contribution in [3.8, 4) is 0 Å². The Morgan fingerprint density at radius 3 is 2.29 bits per heavy atom. The van der Waals surface area contributed by atoms with Gasteiger partial charge in [0, 0.05) is 11.1 Å². The summed E-state index contributed by atoms with van der Waals surface area (Å²) in [7, 11) is 0. The van der Waals surface area contributed by atoms with Crippen LogP contribution in [0.4, 0.5) is 0 Å². The standard InChI is InChI=1S/C19H28N2/c1-15(16-11-7-5-8-12-16)18(21-19(2,3)4)20-17-13-9-6-10-14-17/h5,7-8,11-12,17H,1,6,9-10,13-14H2,2-4H3,(H,20,21). The van der Waals surface area contributed by atoms with Crippen LogP contribution in [-0.2, 0) is 0 Å². The molecule has 1 aliphatic carbocycles. The van der Waals surface area contributed by atoms with Gasteiger partial charge in [-0.3, -0.25) is 4.99 Å². The van der Waals surface area contributed by atoms with E-state index in [1.54, 1.807) is 0 Å². The summed E-state index contributed by atoms with van der Waals surface area (Å²) in [5, 5.41) is 3.55. The van der Waals surface area contributed by atoms with Crippen molar-refractivity contribution in [1.82, 2.24) is 5.32 Å². The van der Waals surface area contributed by atoms with Crippen molar-refractivity contribution >= 4 is 11.4 Å². The maximum Gasteiger partial charge on any atom is 0.128 e. The number of nitrogens with one attached hydrogen (secondary N) is 1. The van der Waals surface area contributed by atoms with E-state index in [9.17, 15) is 0 Å². The summed E-state index contributed by atoms with van der Waals surface area (Å²) >= 11 is 0. The van der Waals surface area contributed by atoms with Crippen molar-refractivity contribution in [1.29, 1.82) is 0 Å². The molecule has 0 bridgehead atoms. The van der Waals surface area contributed by atoms with Crippen molar-refractivity contribution in [3.63, 3.8) is 0 Å². The van der Waals surface area contributed by atoms with Crippen molar-refractivity contribution in [2.45, 2.75) is 64.5 Å². The molecular formula is C19H28N2. The second kappa shape index (κ2) is 6.93. The molecule has 0 aliphatic heterocycles. The summed E-state index contributed by atoms with van der Waals surface area (Å²) in [6.45, 7) is 10.8. The van der Waals surface area contributed by atoms with Crippen molar-refractivity contribution in [3.05, 3.63) is 42.5 Å². The molecule has 2 rings (SSSR count). The number of rotatable bonds is 3. The Labute approximate surface area is 129 Å². The zero-order valence-electron chi connectivity index (χ0n) is 13.7. The molecule has 1 fully saturated rings. The third-order valence-corrected chi connectivity index (χ3v) is 3.79. The highest BCUT2D eigenvalue weighted by atomic mass is 15.1. The number of benzene rings is 1. The summed E-state index contributed by atoms with van der Waals surface area (Å²) in [5.74, 6) is 0.959. The Balaban J connectivity index is 2.23. The molecule has 0 aromatic heterocycles. The van der Waals surface area contributed by atoms with E-state index in [0.717, 1.165) is 17.0 Å². The molecule has 0 amide bonds. The maximum atomic E-state index is 5.00. The summed E-state index contributed by atoms with van der Waals surface area (Å²) in [6.07, 6.45) is 6.37. The molecule has 0 atom stereocenters. The van der Waals surface area contributed by atoms with Gasteiger partial charge >= 0.3 is 0 Å². The van der Waals surface area contributed by atoms with Gasteiger partial charge in [-0.2, -0.15) is 0 Å². The zero-order chi connectivity index (χ0) is 15.3. The van der Waals surface area contributed by atoms with Gasteiger partial charge in [-0.1, -0.05) is 56.2 Å². The normalized spacial score (nSPS) is 17.6. The lowest BCUT2D eigenvalue weighted by Gasteiger charge is -2.27. The first-order valence-corrected chi connectivity index (χ1v) is 8.06. The maximum absolute atomic E-state index is 5.00. The summed E-state index contributed by atoms with van der Waals surface area (Å²) in [4.78, 5) is 5.00. The van der Waals surface area contributed by atoms with E-state index in [1.807, 2.05) is 6.07 Å². The minimum atomic E-state index is -0.00871. The molecule has 0 radical (unpaired) electrons. The highest BCUT2D eigenvalue weighted by Gasteiger charge is 2.19. The number of nitrogens with zero attached hydrogens (tertiary/aromatic N) is 1. The molecule has 0 spiro atoms. The Morgan fingerprint density at radius 1 is 1.10 bits per heavy atom. The predicted molar refractivity (Wildman–Crippen MR) is 92.7 cm³/mol. The largest absolute Gasteiger partial charge is 0.365 e. The van der Waals surface area contributed by atoms with E-state index >= 15 is 0 Å². The van der Waals surface area contributed by atoms with Gasteiger partial charge < -0.3 is 5.32 Å². The van der Waals surface area contributed by atoms with Crippen LogP contribution in [0.2, 0.25) is 0 Å². The van der Waals surface area contributed by atoms with Gasteiger partial charge in [-0.05, 0) is 39.2 Å². The number of aliphatic imine (C=N–C) groups is 1. The van der Waals surface area contributed by atoms with E-state index < -0.39 is 0 Å². The van der Waals surface area contributed by atoms with Crippen LogP contribution in [0.25, 0.3) is 5.57 Å². The molecule has 0 saturated heterocycles. The van der Waals surface area contributed by atoms with E-state index in [-0.39, 0.29) is 5.54 Å². The SMILES string of the molecule is C=C(C(=NC1CCCCC1)NC(C)(C)C)c1ccccc1. The zero-order valence-corrected chi connectivity index (χ0v) is 13.7. The molecule has 2 nitrogen and oxygen atoms in total. The topological polar surface area (TPSA) is 24.4 Å². The van der Waals surface area contributed by atoms with Crippen LogP contribution in [0.15, 0.2) is 41.9 Å². The van der Waals surface area contributed by atoms with E-state index in [2.05, 4.69) is 56.9 Å². The molecule has 1 aromatic carbocycles. The van der Waals surface area contributed by atoms with Gasteiger partial charge in [0.05, 0.1) is 6.04 Å². The summed E-state index contributed by atoms with van der Waals surface area (Å²) in [6, 6.07) is 10.8. The number of hydrogen-bond acceptors (Lipinski definition) is 1. The minimum absolute atomic E-state index is 0.00871. The predicted octanol–water partition coefficient (Wildman–Crippen LogP) is 4.82. The average Bonchev–Trinajstić information content (AvgIpc) is 2.46. The van der Waals surface area contributed by atoms with Crippen LogP contribution < -0.4 is 5.32 Å². The van der Waals surface area contributed by atoms with Gasteiger partial charge in [0.2, 0.25) is 0 Å². The fraction of sp³-hybridized carbons (Fsp3) is 0.526. The molecule has 114 valence electrons. The monoisotopic (exact) mass is 284 g/mol. The van der Waals surface area contributed by atoms with Crippen LogP contribution in [-0.4, -0.2) is 17.4 Å². The van der Waals surface area contributed by atoms with Crippen molar-refractivity contribution < 1.29 is 0 Å². The fourth-order valence-corrected chi connectivity index (χ4v) is 2.71. The van der Waals surface area contributed by atoms with Crippen LogP contribution in [0, 0.1) is 0 Å². The van der Waals surface area contributed by atoms with Crippen LogP contribution in [0.5, 0.6) is 0 Å². The molecule has 2 heteroatoms. The van der Waals surface area contributed by atoms with Crippen LogP contribution in [0.3, 0.4) is 0 Å². The number of hydrogen-bond donors (Lipinski definition) is 1. The van der Waals surface area contributed by atoms with Crippen molar-refractivity contribution in [2.24, 2.45) is 4.99 Å². The molecule has 21 heavy (non-hydrogen) atoms. The highest BCUT2D eigenvalue weighted by molar-refractivity contribution is 6.22. The first kappa shape index (κ1) is 15.8. The molecule has 0 unspecified atom stereocenters. The smallest absolute Gasteiger partial charge is 0.128 e. The second-order valence-electron chi connectivity index (χ2n) is 6.99. The van der Waals surface area contributed by atoms with Crippen LogP contribution in [0.1, 0.15) is 58.4 Å². The quantitative estimate of drug-likeness (QED) is 0.624. The van der Waals surface area contributed by atoms with Crippen LogP contribution >= 0.6 is 0 Å². The van der Waals surface area contributed by atoms with E-state index in [1.165, 1.54) is 32.1 Å². The lowest BCUT2D eigenvalue weighted by atomic mass is 9.95. The Bertz CT molecular complexity index is 488. The third-order valence-electron chi connectivity index (χ3n) is 3.79. The lowest BCUT2D eigenvalue weighted by Crippen LogP contribution is -2.41. The third kappa shape index (κ3) is 5.04. The van der Waals surface area contributed by atoms with Gasteiger partial charge in [-0.15, -0.1) is 0 Å². The molecule has 1 saturated carbocycles.